The van der Waals surface area contributed by atoms with Crippen molar-refractivity contribution in [1.29, 1.82) is 0 Å². The molecule has 2 aliphatic rings. The van der Waals surface area contributed by atoms with Gasteiger partial charge >= 0.3 is 0 Å². The van der Waals surface area contributed by atoms with Crippen LogP contribution in [0.5, 0.6) is 0 Å². The predicted molar refractivity (Wildman–Crippen MR) is 66.1 cm³/mol. The van der Waals surface area contributed by atoms with Crippen LogP contribution in [0.25, 0.3) is 0 Å². The maximum atomic E-state index is 11.2. The van der Waals surface area contributed by atoms with Gasteiger partial charge in [0.25, 0.3) is 0 Å². The molecular weight excluding hydrogens is 198 g/mol. The molecule has 0 spiro atoms. The number of piperidine rings is 1. The Labute approximate surface area is 98.7 Å². The minimum Gasteiger partial charge on any atom is -0.375 e. The molecule has 1 aliphatic heterocycles. The third-order valence-corrected chi connectivity index (χ3v) is 4.69. The minimum atomic E-state index is 0.317. The average Bonchev–Trinajstić information content (AvgIpc) is 2.76. The van der Waals surface area contributed by atoms with Gasteiger partial charge in [0, 0.05) is 31.3 Å². The lowest BCUT2D eigenvalue weighted by Gasteiger charge is -2.42. The molecule has 0 N–H and O–H groups in total. The number of allylic oxidation sites excluding steroid dienone is 2. The topological polar surface area (TPSA) is 20.3 Å². The summed E-state index contributed by atoms with van der Waals surface area (Å²) in [5.74, 6) is 0.317. The summed E-state index contributed by atoms with van der Waals surface area (Å²) in [6.45, 7) is 6.94. The van der Waals surface area contributed by atoms with Crippen molar-refractivity contribution in [3.8, 4) is 0 Å². The van der Waals surface area contributed by atoms with Gasteiger partial charge in [-0.15, -0.1) is 0 Å². The van der Waals surface area contributed by atoms with Gasteiger partial charge in [-0.3, -0.25) is 4.79 Å². The van der Waals surface area contributed by atoms with Crippen molar-refractivity contribution in [2.75, 3.05) is 13.1 Å². The molecule has 2 nitrogen and oxygen atoms in total. The lowest BCUT2D eigenvalue weighted by Crippen LogP contribution is -2.38. The molecule has 0 aromatic rings. The quantitative estimate of drug-likeness (QED) is 0.729. The number of nitrogens with zero attached hydrogens (tertiary/aromatic N) is 1. The van der Waals surface area contributed by atoms with E-state index in [4.69, 9.17) is 0 Å². The number of hydrogen-bond donors (Lipinski definition) is 0. The summed E-state index contributed by atoms with van der Waals surface area (Å²) in [5, 5.41) is 0. The molecule has 0 radical (unpaired) electrons. The van der Waals surface area contributed by atoms with E-state index in [1.165, 1.54) is 31.4 Å². The van der Waals surface area contributed by atoms with Crippen LogP contribution >= 0.6 is 0 Å². The third-order valence-electron chi connectivity index (χ3n) is 4.69. The van der Waals surface area contributed by atoms with Crippen LogP contribution in [0, 0.1) is 5.41 Å². The number of likely N-dealkylation sites (tertiary alicyclic amines) is 1. The van der Waals surface area contributed by atoms with Gasteiger partial charge in [0.15, 0.2) is 5.78 Å². The van der Waals surface area contributed by atoms with Crippen LogP contribution < -0.4 is 0 Å². The van der Waals surface area contributed by atoms with E-state index in [1.54, 1.807) is 0 Å². The van der Waals surface area contributed by atoms with Crippen LogP contribution in [-0.2, 0) is 4.79 Å². The van der Waals surface area contributed by atoms with Gasteiger partial charge in [-0.25, -0.2) is 0 Å². The highest BCUT2D eigenvalue weighted by Crippen LogP contribution is 2.39. The number of carbonyl (C=O) groups excluding carboxylic acids is 1. The van der Waals surface area contributed by atoms with Crippen molar-refractivity contribution in [2.45, 2.75) is 52.4 Å². The van der Waals surface area contributed by atoms with E-state index < -0.39 is 0 Å². The molecule has 1 aliphatic carbocycles. The Hall–Kier alpha value is -0.790. The Morgan fingerprint density at radius 3 is 2.25 bits per heavy atom. The molecule has 0 bridgehead atoms. The second-order valence-corrected chi connectivity index (χ2v) is 5.30. The first-order valence-electron chi connectivity index (χ1n) is 6.67. The lowest BCUT2D eigenvalue weighted by molar-refractivity contribution is -0.114. The Balaban J connectivity index is 1.95. The van der Waals surface area contributed by atoms with Crippen molar-refractivity contribution in [3.63, 3.8) is 0 Å². The van der Waals surface area contributed by atoms with Crippen LogP contribution in [0.1, 0.15) is 52.4 Å². The Morgan fingerprint density at radius 2 is 1.81 bits per heavy atom. The maximum Gasteiger partial charge on any atom is 0.157 e. The number of carbonyl (C=O) groups is 1. The van der Waals surface area contributed by atoms with Crippen LogP contribution in [0.2, 0.25) is 0 Å². The van der Waals surface area contributed by atoms with Crippen molar-refractivity contribution >= 4 is 5.78 Å². The summed E-state index contributed by atoms with van der Waals surface area (Å²) < 4.78 is 0. The first kappa shape index (κ1) is 11.7. The minimum absolute atomic E-state index is 0.317. The summed E-state index contributed by atoms with van der Waals surface area (Å²) in [4.78, 5) is 13.7. The molecular formula is C14H23NO. The molecule has 0 aromatic carbocycles. The molecule has 2 heteroatoms. The van der Waals surface area contributed by atoms with Crippen LogP contribution in [0.3, 0.4) is 0 Å². The van der Waals surface area contributed by atoms with E-state index in [1.807, 2.05) is 6.08 Å². The van der Waals surface area contributed by atoms with Crippen molar-refractivity contribution in [3.05, 3.63) is 11.8 Å². The Kier molecular flexibility index (Phi) is 3.36. The van der Waals surface area contributed by atoms with Gasteiger partial charge in [-0.05, 0) is 24.7 Å². The molecule has 90 valence electrons. The first-order valence-corrected chi connectivity index (χ1v) is 6.67. The zero-order valence-electron chi connectivity index (χ0n) is 10.6. The van der Waals surface area contributed by atoms with E-state index in [0.717, 1.165) is 25.9 Å². The average molecular weight is 221 g/mol. The summed E-state index contributed by atoms with van der Waals surface area (Å²) in [6.07, 6.45) is 8.77. The normalized spacial score (nSPS) is 24.8. The SMILES string of the molecule is CCC1(CC)CCN(C2=CC(=O)CC2)CC1. The van der Waals surface area contributed by atoms with Crippen molar-refractivity contribution < 1.29 is 4.79 Å². The summed E-state index contributed by atoms with van der Waals surface area (Å²) in [5.41, 5.74) is 1.88. The smallest absolute Gasteiger partial charge is 0.157 e. The molecule has 0 amide bonds. The first-order chi connectivity index (χ1) is 7.69. The molecule has 0 atom stereocenters. The van der Waals surface area contributed by atoms with Gasteiger partial charge in [-0.1, -0.05) is 26.7 Å². The van der Waals surface area contributed by atoms with E-state index in [2.05, 4.69) is 18.7 Å². The molecule has 1 heterocycles. The van der Waals surface area contributed by atoms with E-state index in [9.17, 15) is 4.79 Å². The summed E-state index contributed by atoms with van der Waals surface area (Å²) in [7, 11) is 0. The summed E-state index contributed by atoms with van der Waals surface area (Å²) >= 11 is 0. The molecule has 1 fully saturated rings. The highest BCUT2D eigenvalue weighted by molar-refractivity contribution is 5.92. The largest absolute Gasteiger partial charge is 0.375 e. The molecule has 0 saturated carbocycles. The van der Waals surface area contributed by atoms with Crippen LogP contribution in [-0.4, -0.2) is 23.8 Å². The zero-order chi connectivity index (χ0) is 11.6. The Bertz CT molecular complexity index is 292. The Morgan fingerprint density at radius 1 is 1.19 bits per heavy atom. The molecule has 2 rings (SSSR count). The predicted octanol–water partition coefficient (Wildman–Crippen LogP) is 3.14. The van der Waals surface area contributed by atoms with E-state index in [-0.39, 0.29) is 0 Å². The fourth-order valence-electron chi connectivity index (χ4n) is 3.06. The van der Waals surface area contributed by atoms with Gasteiger partial charge in [-0.2, -0.15) is 0 Å². The van der Waals surface area contributed by atoms with Crippen LogP contribution in [0.15, 0.2) is 11.8 Å². The second kappa shape index (κ2) is 4.60. The highest BCUT2D eigenvalue weighted by Gasteiger charge is 2.32. The zero-order valence-corrected chi connectivity index (χ0v) is 10.6. The van der Waals surface area contributed by atoms with Gasteiger partial charge in [0.05, 0.1) is 0 Å². The van der Waals surface area contributed by atoms with E-state index in [0.29, 0.717) is 11.2 Å². The molecule has 1 saturated heterocycles. The van der Waals surface area contributed by atoms with E-state index >= 15 is 0 Å². The van der Waals surface area contributed by atoms with Gasteiger partial charge < -0.3 is 4.90 Å². The number of hydrogen-bond acceptors (Lipinski definition) is 2. The monoisotopic (exact) mass is 221 g/mol. The van der Waals surface area contributed by atoms with Crippen molar-refractivity contribution in [1.82, 2.24) is 4.90 Å². The van der Waals surface area contributed by atoms with Crippen molar-refractivity contribution in [2.24, 2.45) is 5.41 Å². The fourth-order valence-corrected chi connectivity index (χ4v) is 3.06. The number of rotatable bonds is 3. The lowest BCUT2D eigenvalue weighted by atomic mass is 9.74. The standard InChI is InChI=1S/C14H23NO/c1-3-14(4-2)7-9-15(10-8-14)12-5-6-13(16)11-12/h11H,3-10H2,1-2H3. The number of ketones is 1. The molecule has 0 aromatic heterocycles. The fraction of sp³-hybridized carbons (Fsp3) is 0.786. The summed E-state index contributed by atoms with van der Waals surface area (Å²) in [6, 6.07) is 0. The second-order valence-electron chi connectivity index (χ2n) is 5.30. The molecule has 16 heavy (non-hydrogen) atoms. The van der Waals surface area contributed by atoms with Gasteiger partial charge in [0.1, 0.15) is 0 Å². The molecule has 0 unspecified atom stereocenters. The van der Waals surface area contributed by atoms with Gasteiger partial charge in [0.2, 0.25) is 0 Å². The highest BCUT2D eigenvalue weighted by atomic mass is 16.1. The van der Waals surface area contributed by atoms with Crippen LogP contribution in [0.4, 0.5) is 0 Å². The maximum absolute atomic E-state index is 11.2. The third kappa shape index (κ3) is 2.16.